The van der Waals surface area contributed by atoms with Gasteiger partial charge in [-0.1, -0.05) is 0 Å². The van der Waals surface area contributed by atoms with E-state index in [9.17, 15) is 4.79 Å². The van der Waals surface area contributed by atoms with E-state index in [-0.39, 0.29) is 5.91 Å². The monoisotopic (exact) mass is 151 g/mol. The molecule has 0 unspecified atom stereocenters. The maximum Gasteiger partial charge on any atom is 0.289 e. The minimum absolute atomic E-state index is 0.00639. The van der Waals surface area contributed by atoms with Gasteiger partial charge in [0, 0.05) is 12.6 Å². The molecule has 1 aromatic heterocycles. The normalized spacial score (nSPS) is 15.8. The van der Waals surface area contributed by atoms with Gasteiger partial charge in [-0.25, -0.2) is 0 Å². The van der Waals surface area contributed by atoms with Crippen molar-refractivity contribution in [3.05, 3.63) is 23.2 Å². The average molecular weight is 151 g/mol. The molecule has 0 N–H and O–H groups in total. The van der Waals surface area contributed by atoms with E-state index in [1.807, 2.05) is 6.92 Å². The van der Waals surface area contributed by atoms with Gasteiger partial charge in [-0.05, 0) is 12.5 Å². The molecule has 2 heterocycles. The van der Waals surface area contributed by atoms with E-state index in [2.05, 4.69) is 0 Å². The summed E-state index contributed by atoms with van der Waals surface area (Å²) < 4.78 is 5.10. The van der Waals surface area contributed by atoms with Gasteiger partial charge >= 0.3 is 0 Å². The lowest BCUT2D eigenvalue weighted by atomic mass is 10.2. The second-order valence-corrected chi connectivity index (χ2v) is 2.89. The third kappa shape index (κ3) is 0.707. The average Bonchev–Trinajstić information content (AvgIpc) is 2.43. The zero-order valence-electron chi connectivity index (χ0n) is 6.55. The van der Waals surface area contributed by atoms with Crippen LogP contribution in [0.2, 0.25) is 0 Å². The number of carbonyl (C=O) groups excluding carboxylic acids is 1. The summed E-state index contributed by atoms with van der Waals surface area (Å²) in [6, 6.07) is 0. The van der Waals surface area contributed by atoms with Crippen LogP contribution in [0.4, 0.5) is 0 Å². The molecule has 0 radical (unpaired) electrons. The lowest BCUT2D eigenvalue weighted by Gasteiger charge is -2.05. The summed E-state index contributed by atoms with van der Waals surface area (Å²) in [7, 11) is 1.78. The fraction of sp³-hybridized carbons (Fsp3) is 0.375. The summed E-state index contributed by atoms with van der Waals surface area (Å²) in [4.78, 5) is 12.9. The SMILES string of the molecule is Cc1coc2c1CN(C)C2=O. The van der Waals surface area contributed by atoms with Gasteiger partial charge in [-0.2, -0.15) is 0 Å². The highest BCUT2D eigenvalue weighted by Crippen LogP contribution is 2.25. The first kappa shape index (κ1) is 6.46. The minimum Gasteiger partial charge on any atom is -0.459 e. The maximum atomic E-state index is 11.2. The summed E-state index contributed by atoms with van der Waals surface area (Å²) >= 11 is 0. The van der Waals surface area contributed by atoms with Crippen molar-refractivity contribution in [2.75, 3.05) is 7.05 Å². The van der Waals surface area contributed by atoms with Crippen molar-refractivity contribution in [1.82, 2.24) is 4.90 Å². The Balaban J connectivity index is 2.56. The molecule has 3 heteroatoms. The molecule has 0 atom stereocenters. The van der Waals surface area contributed by atoms with Gasteiger partial charge in [-0.3, -0.25) is 4.79 Å². The fourth-order valence-corrected chi connectivity index (χ4v) is 1.33. The molecule has 2 rings (SSSR count). The molecule has 0 bridgehead atoms. The quantitative estimate of drug-likeness (QED) is 0.557. The molecule has 0 aromatic carbocycles. The first-order valence-electron chi connectivity index (χ1n) is 3.52. The molecular weight excluding hydrogens is 142 g/mol. The van der Waals surface area contributed by atoms with Gasteiger partial charge in [-0.15, -0.1) is 0 Å². The van der Waals surface area contributed by atoms with E-state index >= 15 is 0 Å². The van der Waals surface area contributed by atoms with Crippen LogP contribution in [0.1, 0.15) is 21.7 Å². The second-order valence-electron chi connectivity index (χ2n) is 2.89. The third-order valence-corrected chi connectivity index (χ3v) is 2.04. The van der Waals surface area contributed by atoms with Crippen LogP contribution in [0.25, 0.3) is 0 Å². The Morgan fingerprint density at radius 1 is 1.64 bits per heavy atom. The molecule has 11 heavy (non-hydrogen) atoms. The van der Waals surface area contributed by atoms with E-state index in [0.717, 1.165) is 11.1 Å². The Morgan fingerprint density at radius 2 is 2.36 bits per heavy atom. The predicted molar refractivity (Wildman–Crippen MR) is 39.2 cm³/mol. The first-order valence-corrected chi connectivity index (χ1v) is 3.52. The minimum atomic E-state index is -0.00639. The molecule has 0 aliphatic carbocycles. The molecule has 1 aliphatic rings. The fourth-order valence-electron chi connectivity index (χ4n) is 1.33. The van der Waals surface area contributed by atoms with Crippen molar-refractivity contribution in [2.45, 2.75) is 13.5 Å². The number of amides is 1. The Kier molecular flexibility index (Phi) is 1.10. The van der Waals surface area contributed by atoms with Crippen molar-refractivity contribution in [2.24, 2.45) is 0 Å². The molecule has 0 saturated carbocycles. The molecular formula is C8H9NO2. The van der Waals surface area contributed by atoms with Crippen molar-refractivity contribution < 1.29 is 9.21 Å². The van der Waals surface area contributed by atoms with E-state index in [0.29, 0.717) is 12.3 Å². The van der Waals surface area contributed by atoms with Gasteiger partial charge in [0.05, 0.1) is 12.8 Å². The van der Waals surface area contributed by atoms with E-state index < -0.39 is 0 Å². The molecule has 3 nitrogen and oxygen atoms in total. The standard InChI is InChI=1S/C8H9NO2/c1-5-4-11-7-6(5)3-9(2)8(7)10/h4H,3H2,1-2H3. The number of fused-ring (bicyclic) bond motifs is 1. The lowest BCUT2D eigenvalue weighted by Crippen LogP contribution is -2.17. The summed E-state index contributed by atoms with van der Waals surface area (Å²) in [5.41, 5.74) is 2.11. The summed E-state index contributed by atoms with van der Waals surface area (Å²) in [5, 5.41) is 0. The first-order chi connectivity index (χ1) is 5.20. The molecule has 0 saturated heterocycles. The molecule has 0 spiro atoms. The molecule has 1 amide bonds. The van der Waals surface area contributed by atoms with Crippen LogP contribution in [0.15, 0.2) is 10.7 Å². The summed E-state index contributed by atoms with van der Waals surface area (Å²) in [5.74, 6) is 0.512. The van der Waals surface area contributed by atoms with E-state index in [1.165, 1.54) is 0 Å². The van der Waals surface area contributed by atoms with Crippen LogP contribution < -0.4 is 0 Å². The van der Waals surface area contributed by atoms with Crippen molar-refractivity contribution in [3.63, 3.8) is 0 Å². The predicted octanol–water partition coefficient (Wildman–Crippen LogP) is 1.17. The molecule has 58 valence electrons. The highest BCUT2D eigenvalue weighted by Gasteiger charge is 2.29. The van der Waals surface area contributed by atoms with Gasteiger partial charge in [0.15, 0.2) is 5.76 Å². The summed E-state index contributed by atoms with van der Waals surface area (Å²) in [6.07, 6.45) is 1.63. The van der Waals surface area contributed by atoms with Crippen LogP contribution in [-0.4, -0.2) is 17.9 Å². The van der Waals surface area contributed by atoms with Gasteiger partial charge in [0.1, 0.15) is 0 Å². The van der Waals surface area contributed by atoms with Crippen molar-refractivity contribution in [1.29, 1.82) is 0 Å². The zero-order valence-corrected chi connectivity index (χ0v) is 6.55. The third-order valence-electron chi connectivity index (χ3n) is 2.04. The van der Waals surface area contributed by atoms with Crippen LogP contribution >= 0.6 is 0 Å². The second kappa shape index (κ2) is 1.87. The maximum absolute atomic E-state index is 11.2. The van der Waals surface area contributed by atoms with Crippen LogP contribution in [-0.2, 0) is 6.54 Å². The van der Waals surface area contributed by atoms with Crippen LogP contribution in [0.3, 0.4) is 0 Å². The van der Waals surface area contributed by atoms with Crippen molar-refractivity contribution >= 4 is 5.91 Å². The molecule has 1 aromatic rings. The lowest BCUT2D eigenvalue weighted by molar-refractivity contribution is 0.0790. The number of hydrogen-bond acceptors (Lipinski definition) is 2. The number of hydrogen-bond donors (Lipinski definition) is 0. The van der Waals surface area contributed by atoms with E-state index in [1.54, 1.807) is 18.2 Å². The summed E-state index contributed by atoms with van der Waals surface area (Å²) in [6.45, 7) is 2.64. The largest absolute Gasteiger partial charge is 0.459 e. The Labute approximate surface area is 64.6 Å². The highest BCUT2D eigenvalue weighted by molar-refractivity contribution is 5.95. The Morgan fingerprint density at radius 3 is 3.00 bits per heavy atom. The van der Waals surface area contributed by atoms with Crippen LogP contribution in [0, 0.1) is 6.92 Å². The number of carbonyl (C=O) groups is 1. The molecule has 0 fully saturated rings. The van der Waals surface area contributed by atoms with Gasteiger partial charge in [0.25, 0.3) is 5.91 Å². The topological polar surface area (TPSA) is 33.5 Å². The smallest absolute Gasteiger partial charge is 0.289 e. The van der Waals surface area contributed by atoms with Gasteiger partial charge in [0.2, 0.25) is 0 Å². The van der Waals surface area contributed by atoms with Crippen LogP contribution in [0.5, 0.6) is 0 Å². The number of rotatable bonds is 0. The van der Waals surface area contributed by atoms with Crippen molar-refractivity contribution in [3.8, 4) is 0 Å². The number of aryl methyl sites for hydroxylation is 1. The Bertz CT molecular complexity index is 314. The number of nitrogens with zero attached hydrogens (tertiary/aromatic N) is 1. The molecule has 1 aliphatic heterocycles. The van der Waals surface area contributed by atoms with E-state index in [4.69, 9.17) is 4.42 Å². The van der Waals surface area contributed by atoms with Gasteiger partial charge < -0.3 is 9.32 Å². The zero-order chi connectivity index (χ0) is 8.01. The number of furan rings is 1. The Hall–Kier alpha value is -1.25. The highest BCUT2D eigenvalue weighted by atomic mass is 16.3.